The number of benzene rings is 2. The van der Waals surface area contributed by atoms with Gasteiger partial charge in [0.1, 0.15) is 17.1 Å². The summed E-state index contributed by atoms with van der Waals surface area (Å²) in [6, 6.07) is 14.2. The number of nitrogens with zero attached hydrogens (tertiary/aromatic N) is 2. The van der Waals surface area contributed by atoms with Crippen molar-refractivity contribution in [3.8, 4) is 5.75 Å². The molecule has 1 aliphatic heterocycles. The van der Waals surface area contributed by atoms with E-state index in [1.54, 1.807) is 56.2 Å². The van der Waals surface area contributed by atoms with Gasteiger partial charge in [-0.25, -0.2) is 4.76 Å². The summed E-state index contributed by atoms with van der Waals surface area (Å²) in [6.45, 7) is 1.55. The fourth-order valence-corrected chi connectivity index (χ4v) is 4.72. The summed E-state index contributed by atoms with van der Waals surface area (Å²) < 4.78 is 18.7. The molecule has 0 aliphatic carbocycles. The lowest BCUT2D eigenvalue weighted by Gasteiger charge is -2.23. The number of para-hydroxylation sites is 2. The summed E-state index contributed by atoms with van der Waals surface area (Å²) in [7, 11) is -1.41. The van der Waals surface area contributed by atoms with E-state index in [-0.39, 0.29) is 17.1 Å². The Kier molecular flexibility index (Phi) is 3.34. The Hall–Kier alpha value is -2.85. The summed E-state index contributed by atoms with van der Waals surface area (Å²) in [4.78, 5) is 12.8. The second-order valence-corrected chi connectivity index (χ2v) is 8.51. The van der Waals surface area contributed by atoms with Crippen molar-refractivity contribution in [2.75, 3.05) is 12.0 Å². The van der Waals surface area contributed by atoms with Crippen LogP contribution in [0.1, 0.15) is 5.56 Å². The van der Waals surface area contributed by atoms with Gasteiger partial charge in [-0.3, -0.25) is 9.36 Å². The van der Waals surface area contributed by atoms with Gasteiger partial charge >= 0.3 is 0 Å². The summed E-state index contributed by atoms with van der Waals surface area (Å²) in [6.07, 6.45) is 0. The van der Waals surface area contributed by atoms with E-state index >= 15 is 0 Å². The van der Waals surface area contributed by atoms with Crippen molar-refractivity contribution in [1.82, 2.24) is 4.57 Å². The smallest absolute Gasteiger partial charge is 0.265 e. The van der Waals surface area contributed by atoms with Gasteiger partial charge in [0.05, 0.1) is 16.5 Å². The van der Waals surface area contributed by atoms with Crippen LogP contribution in [0.4, 0.5) is 5.69 Å². The average molecular weight is 353 g/mol. The Morgan fingerprint density at radius 3 is 2.60 bits per heavy atom. The van der Waals surface area contributed by atoms with Crippen molar-refractivity contribution in [2.24, 2.45) is 11.8 Å². The Labute approximate surface area is 143 Å². The molecule has 3 aromatic rings. The lowest BCUT2D eigenvalue weighted by Crippen LogP contribution is -2.32. The number of nitrogens with one attached hydrogen (secondary N) is 1. The molecule has 2 aromatic carbocycles. The molecule has 0 amide bonds. The van der Waals surface area contributed by atoms with Crippen molar-refractivity contribution in [3.63, 3.8) is 0 Å². The number of hydrogen-bond acceptors (Lipinski definition) is 4. The van der Waals surface area contributed by atoms with Gasteiger partial charge in [-0.1, -0.05) is 24.3 Å². The van der Waals surface area contributed by atoms with Gasteiger partial charge in [-0.2, -0.15) is 0 Å². The third-order valence-corrected chi connectivity index (χ3v) is 6.27. The third-order valence-electron chi connectivity index (χ3n) is 4.41. The first-order chi connectivity index (χ1) is 11.9. The molecule has 2 N–H and O–H groups in total. The lowest BCUT2D eigenvalue weighted by molar-refractivity contribution is 0.478. The van der Waals surface area contributed by atoms with Gasteiger partial charge in [-0.15, -0.1) is 0 Å². The minimum absolute atomic E-state index is 0.0257. The van der Waals surface area contributed by atoms with Crippen LogP contribution in [-0.2, 0) is 11.6 Å². The zero-order valence-electron chi connectivity index (χ0n) is 13.7. The van der Waals surface area contributed by atoms with Crippen molar-refractivity contribution in [1.29, 1.82) is 0 Å². The quantitative estimate of drug-likeness (QED) is 0.659. The number of hydrogen-bond donors (Lipinski definition) is 2. The lowest BCUT2D eigenvalue weighted by atomic mass is 10.1. The first-order valence-corrected chi connectivity index (χ1v) is 9.86. The van der Waals surface area contributed by atoms with Gasteiger partial charge in [0.25, 0.3) is 5.56 Å². The highest BCUT2D eigenvalue weighted by molar-refractivity contribution is 7.70. The number of aryl methyl sites for hydroxylation is 1. The van der Waals surface area contributed by atoms with Crippen molar-refractivity contribution < 1.29 is 9.67 Å². The Balaban J connectivity index is 2.03. The molecule has 0 saturated carbocycles. The molecule has 0 fully saturated rings. The van der Waals surface area contributed by atoms with Crippen LogP contribution in [0.5, 0.6) is 5.75 Å². The average Bonchev–Trinajstić information content (AvgIpc) is 2.59. The standard InChI is InChI=1S/C18H16N3O3P/c1-21-13-9-5-3-7-11(13)16(22)15(18(21)23)17-19-12-8-4-6-10-14(12)25(2,24)20-17/h3-10,22H,1-2H3,(H,19,20,24). The van der Waals surface area contributed by atoms with E-state index in [2.05, 4.69) is 10.1 Å². The number of anilines is 1. The molecule has 4 rings (SSSR count). The SMILES string of the molecule is Cn1c(=O)c(C2=NP(C)(=O)c3ccccc3N2)c(O)c2ccccc21. The molecule has 126 valence electrons. The van der Waals surface area contributed by atoms with Crippen LogP contribution in [0.15, 0.2) is 58.1 Å². The highest BCUT2D eigenvalue weighted by Gasteiger charge is 2.30. The Morgan fingerprint density at radius 2 is 1.80 bits per heavy atom. The monoisotopic (exact) mass is 353 g/mol. The van der Waals surface area contributed by atoms with Crippen LogP contribution in [0, 0.1) is 0 Å². The number of aromatic nitrogens is 1. The summed E-state index contributed by atoms with van der Waals surface area (Å²) in [5.41, 5.74) is 0.873. The van der Waals surface area contributed by atoms with E-state index < -0.39 is 12.9 Å². The predicted molar refractivity (Wildman–Crippen MR) is 101 cm³/mol. The van der Waals surface area contributed by atoms with Crippen molar-refractivity contribution in [3.05, 3.63) is 64.4 Å². The maximum Gasteiger partial charge on any atom is 0.265 e. The van der Waals surface area contributed by atoms with Gasteiger partial charge in [-0.05, 0) is 24.3 Å². The molecule has 0 radical (unpaired) electrons. The van der Waals surface area contributed by atoms with Crippen molar-refractivity contribution >= 4 is 35.0 Å². The van der Waals surface area contributed by atoms with E-state index in [1.807, 2.05) is 6.07 Å². The van der Waals surface area contributed by atoms with Gasteiger partial charge in [0.15, 0.2) is 0 Å². The maximum absolute atomic E-state index is 13.0. The molecule has 1 unspecified atom stereocenters. The van der Waals surface area contributed by atoms with Crippen LogP contribution in [-0.4, -0.2) is 22.2 Å². The summed E-state index contributed by atoms with van der Waals surface area (Å²) in [5.74, 6) is -0.0299. The summed E-state index contributed by atoms with van der Waals surface area (Å²) >= 11 is 0. The normalized spacial score (nSPS) is 19.2. The molecule has 6 nitrogen and oxygen atoms in total. The van der Waals surface area contributed by atoms with Crippen molar-refractivity contribution in [2.45, 2.75) is 0 Å². The number of pyridine rings is 1. The maximum atomic E-state index is 13.0. The molecule has 1 atom stereocenters. The van der Waals surface area contributed by atoms with E-state index in [1.165, 1.54) is 4.57 Å². The molecule has 0 saturated heterocycles. The van der Waals surface area contributed by atoms with Crippen LogP contribution >= 0.6 is 7.29 Å². The van der Waals surface area contributed by atoms with Crippen LogP contribution in [0.25, 0.3) is 10.9 Å². The molecular formula is C18H16N3O3P. The first kappa shape index (κ1) is 15.7. The number of aromatic hydroxyl groups is 1. The molecular weight excluding hydrogens is 337 g/mol. The van der Waals surface area contributed by atoms with Crippen LogP contribution < -0.4 is 16.2 Å². The van der Waals surface area contributed by atoms with Crippen LogP contribution in [0.3, 0.4) is 0 Å². The highest BCUT2D eigenvalue weighted by atomic mass is 31.2. The van der Waals surface area contributed by atoms with Crippen LogP contribution in [0.2, 0.25) is 0 Å². The highest BCUT2D eigenvalue weighted by Crippen LogP contribution is 2.47. The molecule has 1 aromatic heterocycles. The largest absolute Gasteiger partial charge is 0.506 e. The molecule has 1 aliphatic rings. The molecule has 0 spiro atoms. The van der Waals surface area contributed by atoms with E-state index in [4.69, 9.17) is 0 Å². The molecule has 2 heterocycles. The Morgan fingerprint density at radius 1 is 1.12 bits per heavy atom. The zero-order chi connectivity index (χ0) is 17.8. The van der Waals surface area contributed by atoms with Gasteiger partial charge < -0.3 is 15.0 Å². The molecule has 0 bridgehead atoms. The predicted octanol–water partition coefficient (Wildman–Crippen LogP) is 2.65. The van der Waals surface area contributed by atoms with E-state index in [9.17, 15) is 14.5 Å². The zero-order valence-corrected chi connectivity index (χ0v) is 14.6. The fourth-order valence-electron chi connectivity index (χ4n) is 3.14. The topological polar surface area (TPSA) is 83.7 Å². The number of rotatable bonds is 1. The fraction of sp³-hybridized carbons (Fsp3) is 0.111. The van der Waals surface area contributed by atoms with Gasteiger partial charge in [0.2, 0.25) is 7.29 Å². The molecule has 25 heavy (non-hydrogen) atoms. The minimum atomic E-state index is -3.05. The second kappa shape index (κ2) is 5.33. The number of amidine groups is 1. The third kappa shape index (κ3) is 2.29. The second-order valence-electron chi connectivity index (χ2n) is 6.07. The first-order valence-electron chi connectivity index (χ1n) is 7.75. The summed E-state index contributed by atoms with van der Waals surface area (Å²) in [5, 5.41) is 14.9. The number of fused-ring (bicyclic) bond motifs is 2. The minimum Gasteiger partial charge on any atom is -0.506 e. The van der Waals surface area contributed by atoms with E-state index in [0.717, 1.165) is 0 Å². The molecule has 7 heteroatoms. The van der Waals surface area contributed by atoms with Gasteiger partial charge in [0, 0.05) is 19.1 Å². The Bertz CT molecular complexity index is 1160. The van der Waals surface area contributed by atoms with E-state index in [0.29, 0.717) is 21.9 Å².